The third-order valence-electron chi connectivity index (χ3n) is 5.94. The van der Waals surface area contributed by atoms with Gasteiger partial charge in [0, 0.05) is 48.0 Å². The first-order valence-corrected chi connectivity index (χ1v) is 10.8. The maximum atomic E-state index is 5.47. The van der Waals surface area contributed by atoms with Crippen LogP contribution in [0.4, 0.5) is 17.1 Å². The molecular formula is C26H27N3O2. The number of methoxy groups -OCH3 is 1. The van der Waals surface area contributed by atoms with Gasteiger partial charge in [0.25, 0.3) is 0 Å². The summed E-state index contributed by atoms with van der Waals surface area (Å²) in [4.78, 5) is 6.75. The lowest BCUT2D eigenvalue weighted by Gasteiger charge is -2.29. The van der Waals surface area contributed by atoms with E-state index in [1.807, 2.05) is 12.3 Å². The molecule has 0 radical (unpaired) electrons. The van der Waals surface area contributed by atoms with Gasteiger partial charge in [-0.05, 0) is 72.0 Å². The van der Waals surface area contributed by atoms with Crippen molar-refractivity contribution in [2.45, 2.75) is 12.8 Å². The van der Waals surface area contributed by atoms with Crippen molar-refractivity contribution in [2.24, 2.45) is 0 Å². The van der Waals surface area contributed by atoms with Gasteiger partial charge < -0.3 is 19.7 Å². The number of benzene rings is 2. The van der Waals surface area contributed by atoms with Crippen molar-refractivity contribution < 1.29 is 9.47 Å². The van der Waals surface area contributed by atoms with Crippen molar-refractivity contribution in [1.82, 2.24) is 4.98 Å². The van der Waals surface area contributed by atoms with E-state index in [0.717, 1.165) is 61.6 Å². The molecule has 158 valence electrons. The average molecular weight is 414 g/mol. The minimum Gasteiger partial charge on any atom is -0.481 e. The fourth-order valence-electron chi connectivity index (χ4n) is 4.24. The summed E-state index contributed by atoms with van der Waals surface area (Å²) in [6, 6.07) is 17.2. The van der Waals surface area contributed by atoms with E-state index >= 15 is 0 Å². The Balaban J connectivity index is 1.44. The number of hydrogen-bond donors (Lipinski definition) is 1. The number of nitrogens with one attached hydrogen (secondary N) is 1. The summed E-state index contributed by atoms with van der Waals surface area (Å²) in [6.45, 7) is 3.49. The Morgan fingerprint density at radius 1 is 1.00 bits per heavy atom. The Kier molecular flexibility index (Phi) is 5.59. The van der Waals surface area contributed by atoms with Crippen LogP contribution < -0.4 is 15.0 Å². The molecule has 0 atom stereocenters. The first-order chi connectivity index (χ1) is 15.3. The van der Waals surface area contributed by atoms with E-state index in [-0.39, 0.29) is 0 Å². The van der Waals surface area contributed by atoms with E-state index in [1.165, 1.54) is 16.8 Å². The summed E-state index contributed by atoms with van der Waals surface area (Å²) in [6.07, 6.45) is 8.46. The largest absolute Gasteiger partial charge is 0.481 e. The van der Waals surface area contributed by atoms with Crippen LogP contribution in [-0.4, -0.2) is 38.4 Å². The second kappa shape index (κ2) is 8.82. The Labute approximate surface area is 183 Å². The zero-order chi connectivity index (χ0) is 21.0. The molecule has 5 rings (SSSR count). The maximum Gasteiger partial charge on any atom is 0.212 e. The maximum absolute atomic E-state index is 5.47. The van der Waals surface area contributed by atoms with Gasteiger partial charge in [0.05, 0.1) is 20.3 Å². The highest BCUT2D eigenvalue weighted by atomic mass is 16.5. The molecule has 1 saturated heterocycles. The average Bonchev–Trinajstić information content (AvgIpc) is 2.85. The standard InChI is InChI=1S/C26H27N3O2/c1-30-26-11-6-20(18-27-26)21-16-19-4-2-3-5-24(19)25(17-21)28-22-7-9-23(10-8-22)29-12-14-31-15-13-29/h2,4,6-11,16-18,28H,3,5,12-15H2,1H3. The first-order valence-electron chi connectivity index (χ1n) is 10.8. The molecule has 2 aliphatic rings. The highest BCUT2D eigenvalue weighted by Crippen LogP contribution is 2.35. The number of morpholine rings is 1. The highest BCUT2D eigenvalue weighted by molar-refractivity contribution is 5.79. The monoisotopic (exact) mass is 413 g/mol. The summed E-state index contributed by atoms with van der Waals surface area (Å²) in [5.41, 5.74) is 8.36. The van der Waals surface area contributed by atoms with E-state index < -0.39 is 0 Å². The van der Waals surface area contributed by atoms with Gasteiger partial charge in [0.15, 0.2) is 0 Å². The molecule has 1 aromatic heterocycles. The number of allylic oxidation sites excluding steroid dienone is 1. The SMILES string of the molecule is COc1ccc(-c2cc3c(c(Nc4ccc(N5CCOCC5)cc4)c2)CCC=C3)cn1. The second-order valence-corrected chi connectivity index (χ2v) is 7.89. The van der Waals surface area contributed by atoms with Crippen LogP contribution in [0.15, 0.2) is 60.8 Å². The summed E-state index contributed by atoms with van der Waals surface area (Å²) in [5.74, 6) is 0.625. The highest BCUT2D eigenvalue weighted by Gasteiger charge is 2.15. The molecule has 1 aliphatic carbocycles. The van der Waals surface area contributed by atoms with Crippen LogP contribution in [-0.2, 0) is 11.2 Å². The molecule has 1 fully saturated rings. The molecular weight excluding hydrogens is 386 g/mol. The van der Waals surface area contributed by atoms with Crippen molar-refractivity contribution in [1.29, 1.82) is 0 Å². The van der Waals surface area contributed by atoms with Crippen molar-refractivity contribution in [3.8, 4) is 17.0 Å². The molecule has 0 bridgehead atoms. The van der Waals surface area contributed by atoms with Gasteiger partial charge in [-0.2, -0.15) is 0 Å². The van der Waals surface area contributed by atoms with Gasteiger partial charge in [-0.15, -0.1) is 0 Å². The van der Waals surface area contributed by atoms with Gasteiger partial charge in [-0.3, -0.25) is 0 Å². The van der Waals surface area contributed by atoms with Gasteiger partial charge in [0.2, 0.25) is 5.88 Å². The van der Waals surface area contributed by atoms with E-state index in [1.54, 1.807) is 7.11 Å². The van der Waals surface area contributed by atoms with E-state index in [4.69, 9.17) is 9.47 Å². The Morgan fingerprint density at radius 2 is 1.84 bits per heavy atom. The van der Waals surface area contributed by atoms with Crippen LogP contribution in [0.25, 0.3) is 17.2 Å². The van der Waals surface area contributed by atoms with Crippen molar-refractivity contribution in [3.63, 3.8) is 0 Å². The summed E-state index contributed by atoms with van der Waals surface area (Å²) in [7, 11) is 1.64. The number of aromatic nitrogens is 1. The topological polar surface area (TPSA) is 46.6 Å². The van der Waals surface area contributed by atoms with Crippen LogP contribution in [0, 0.1) is 0 Å². The number of nitrogens with zero attached hydrogens (tertiary/aromatic N) is 2. The van der Waals surface area contributed by atoms with Crippen LogP contribution in [0.2, 0.25) is 0 Å². The molecule has 0 saturated carbocycles. The van der Waals surface area contributed by atoms with Gasteiger partial charge in [-0.25, -0.2) is 4.98 Å². The van der Waals surface area contributed by atoms with E-state index in [0.29, 0.717) is 5.88 Å². The molecule has 0 spiro atoms. The molecule has 0 amide bonds. The molecule has 2 heterocycles. The lowest BCUT2D eigenvalue weighted by atomic mass is 9.91. The molecule has 3 aromatic rings. The predicted octanol–water partition coefficient (Wildman–Crippen LogP) is 5.30. The number of hydrogen-bond acceptors (Lipinski definition) is 5. The predicted molar refractivity (Wildman–Crippen MR) is 126 cm³/mol. The summed E-state index contributed by atoms with van der Waals surface area (Å²) in [5, 5.41) is 3.67. The van der Waals surface area contributed by atoms with Crippen molar-refractivity contribution in [2.75, 3.05) is 43.6 Å². The zero-order valence-corrected chi connectivity index (χ0v) is 17.8. The summed E-state index contributed by atoms with van der Waals surface area (Å²) >= 11 is 0. The first kappa shape index (κ1) is 19.6. The Bertz CT molecular complexity index is 1070. The lowest BCUT2D eigenvalue weighted by Crippen LogP contribution is -2.36. The van der Waals surface area contributed by atoms with Gasteiger partial charge in [-0.1, -0.05) is 12.2 Å². The number of anilines is 3. The molecule has 1 aliphatic heterocycles. The van der Waals surface area contributed by atoms with E-state index in [2.05, 4.69) is 69.8 Å². The van der Waals surface area contributed by atoms with Gasteiger partial charge in [0.1, 0.15) is 0 Å². The molecule has 31 heavy (non-hydrogen) atoms. The molecule has 5 heteroatoms. The van der Waals surface area contributed by atoms with E-state index in [9.17, 15) is 0 Å². The second-order valence-electron chi connectivity index (χ2n) is 7.89. The minimum atomic E-state index is 0.625. The number of rotatable bonds is 5. The fourth-order valence-corrected chi connectivity index (χ4v) is 4.24. The van der Waals surface area contributed by atoms with Crippen LogP contribution >= 0.6 is 0 Å². The molecule has 0 unspecified atom stereocenters. The number of ether oxygens (including phenoxy) is 2. The molecule has 5 nitrogen and oxygen atoms in total. The molecule has 1 N–H and O–H groups in total. The lowest BCUT2D eigenvalue weighted by molar-refractivity contribution is 0.122. The number of fused-ring (bicyclic) bond motifs is 1. The Morgan fingerprint density at radius 3 is 2.58 bits per heavy atom. The van der Waals surface area contributed by atoms with Crippen LogP contribution in [0.1, 0.15) is 17.5 Å². The zero-order valence-electron chi connectivity index (χ0n) is 17.8. The smallest absolute Gasteiger partial charge is 0.212 e. The third kappa shape index (κ3) is 4.28. The number of pyridine rings is 1. The third-order valence-corrected chi connectivity index (χ3v) is 5.94. The molecule has 2 aromatic carbocycles. The van der Waals surface area contributed by atoms with Crippen molar-refractivity contribution in [3.05, 3.63) is 71.9 Å². The normalized spacial score (nSPS) is 15.5. The van der Waals surface area contributed by atoms with Crippen LogP contribution in [0.5, 0.6) is 5.88 Å². The Hall–Kier alpha value is -3.31. The summed E-state index contributed by atoms with van der Waals surface area (Å²) < 4.78 is 10.7. The minimum absolute atomic E-state index is 0.625. The fraction of sp³-hybridized carbons (Fsp3) is 0.269. The van der Waals surface area contributed by atoms with Crippen molar-refractivity contribution >= 4 is 23.1 Å². The van der Waals surface area contributed by atoms with Gasteiger partial charge >= 0.3 is 0 Å². The quantitative estimate of drug-likeness (QED) is 0.615. The van der Waals surface area contributed by atoms with Crippen LogP contribution in [0.3, 0.4) is 0 Å².